The van der Waals surface area contributed by atoms with Crippen LogP contribution >= 0.6 is 0 Å². The number of carboxylic acids is 1. The molecule has 1 aromatic carbocycles. The van der Waals surface area contributed by atoms with Gasteiger partial charge in [-0.05, 0) is 29.3 Å². The number of aromatic carboxylic acids is 1. The lowest BCUT2D eigenvalue weighted by Crippen LogP contribution is -1.96. The molecule has 0 heterocycles. The molecule has 64 valence electrons. The Morgan fingerprint density at radius 3 is 2.25 bits per heavy atom. The summed E-state index contributed by atoms with van der Waals surface area (Å²) in [5.41, 5.74) is 0.139. The van der Waals surface area contributed by atoms with Crippen LogP contribution < -0.4 is 4.89 Å². The Bertz CT molecular complexity index is 266. The second-order valence-corrected chi connectivity index (χ2v) is 1.99. The predicted octanol–water partition coefficient (Wildman–Crippen LogP) is 1.17. The minimum atomic E-state index is -1.02. The van der Waals surface area contributed by atoms with Crippen LogP contribution in [0, 0.1) is 0 Å². The fraction of sp³-hybridized carbons (Fsp3) is 0. The zero-order chi connectivity index (χ0) is 8.97. The smallest absolute Gasteiger partial charge is 0.335 e. The van der Waals surface area contributed by atoms with Crippen molar-refractivity contribution in [1.29, 1.82) is 0 Å². The molecule has 0 amide bonds. The molecule has 5 heteroatoms. The molecule has 0 radical (unpaired) electrons. The van der Waals surface area contributed by atoms with Crippen molar-refractivity contribution in [2.24, 2.45) is 0 Å². The first kappa shape index (κ1) is 8.51. The molecule has 0 aliphatic heterocycles. The monoisotopic (exact) mass is 170 g/mol. The molecular weight excluding hydrogens is 164 g/mol. The number of hydrogen-bond donors (Lipinski definition) is 2. The van der Waals surface area contributed by atoms with Crippen LogP contribution in [0.1, 0.15) is 10.4 Å². The zero-order valence-corrected chi connectivity index (χ0v) is 5.93. The predicted molar refractivity (Wildman–Crippen MR) is 37.7 cm³/mol. The second kappa shape index (κ2) is 3.70. The van der Waals surface area contributed by atoms with Gasteiger partial charge in [0.05, 0.1) is 5.56 Å². The van der Waals surface area contributed by atoms with Gasteiger partial charge in [0, 0.05) is 0 Å². The number of carbonyl (C=O) groups is 1. The van der Waals surface area contributed by atoms with Crippen LogP contribution in [0.3, 0.4) is 0 Å². The first-order chi connectivity index (χ1) is 5.74. The maximum Gasteiger partial charge on any atom is 0.335 e. The van der Waals surface area contributed by atoms with E-state index in [0.717, 1.165) is 0 Å². The molecule has 0 fully saturated rings. The van der Waals surface area contributed by atoms with Crippen molar-refractivity contribution < 1.29 is 25.1 Å². The van der Waals surface area contributed by atoms with E-state index in [4.69, 9.17) is 10.4 Å². The van der Waals surface area contributed by atoms with Crippen molar-refractivity contribution in [1.82, 2.24) is 0 Å². The molecule has 0 saturated carbocycles. The molecule has 0 unspecified atom stereocenters. The zero-order valence-electron chi connectivity index (χ0n) is 5.93. The molecule has 12 heavy (non-hydrogen) atoms. The van der Waals surface area contributed by atoms with Crippen LogP contribution in [0.15, 0.2) is 24.3 Å². The molecule has 0 aliphatic carbocycles. The van der Waals surface area contributed by atoms with Gasteiger partial charge in [0.25, 0.3) is 0 Å². The Morgan fingerprint density at radius 1 is 1.25 bits per heavy atom. The van der Waals surface area contributed by atoms with Crippen LogP contribution in [0.4, 0.5) is 0 Å². The molecule has 0 spiro atoms. The topological polar surface area (TPSA) is 76.0 Å². The Morgan fingerprint density at radius 2 is 1.83 bits per heavy atom. The second-order valence-electron chi connectivity index (χ2n) is 1.99. The summed E-state index contributed by atoms with van der Waals surface area (Å²) in [5, 5.41) is 19.7. The van der Waals surface area contributed by atoms with Crippen molar-refractivity contribution in [2.75, 3.05) is 0 Å². The van der Waals surface area contributed by atoms with Crippen molar-refractivity contribution in [3.63, 3.8) is 0 Å². The fourth-order valence-corrected chi connectivity index (χ4v) is 0.696. The lowest BCUT2D eigenvalue weighted by molar-refractivity contribution is -0.438. The minimum absolute atomic E-state index is 0.139. The summed E-state index contributed by atoms with van der Waals surface area (Å²) < 4.78 is 0. The summed E-state index contributed by atoms with van der Waals surface area (Å²) in [5.74, 6) is -0.797. The highest BCUT2D eigenvalue weighted by Gasteiger charge is 2.01. The molecule has 0 atom stereocenters. The van der Waals surface area contributed by atoms with E-state index in [2.05, 4.69) is 9.93 Å². The van der Waals surface area contributed by atoms with Crippen molar-refractivity contribution in [3.05, 3.63) is 29.8 Å². The number of benzene rings is 1. The average Bonchev–Trinajstić information content (AvgIpc) is 2.06. The van der Waals surface area contributed by atoms with Crippen LogP contribution in [0.25, 0.3) is 0 Å². The third kappa shape index (κ3) is 1.94. The van der Waals surface area contributed by atoms with Crippen LogP contribution in [-0.2, 0) is 5.04 Å². The van der Waals surface area contributed by atoms with Gasteiger partial charge in [0.15, 0.2) is 5.75 Å². The Labute approximate surface area is 67.6 Å². The first-order valence-corrected chi connectivity index (χ1v) is 3.05. The first-order valence-electron chi connectivity index (χ1n) is 3.05. The van der Waals surface area contributed by atoms with Crippen molar-refractivity contribution >= 4 is 5.97 Å². The summed E-state index contributed by atoms with van der Waals surface area (Å²) in [6, 6.07) is 5.38. The van der Waals surface area contributed by atoms with Crippen LogP contribution in [-0.4, -0.2) is 16.3 Å². The van der Waals surface area contributed by atoms with Gasteiger partial charge < -0.3 is 9.99 Å². The molecule has 0 aromatic heterocycles. The van der Waals surface area contributed by atoms with Gasteiger partial charge in [-0.25, -0.2) is 10.1 Å². The van der Waals surface area contributed by atoms with Crippen molar-refractivity contribution in [2.45, 2.75) is 0 Å². The van der Waals surface area contributed by atoms with Gasteiger partial charge in [0.1, 0.15) is 0 Å². The SMILES string of the molecule is O=C(O)c1ccc(OOO)cc1. The summed E-state index contributed by atoms with van der Waals surface area (Å²) in [4.78, 5) is 14.6. The molecule has 5 nitrogen and oxygen atoms in total. The molecule has 0 bridgehead atoms. The van der Waals surface area contributed by atoms with Crippen molar-refractivity contribution in [3.8, 4) is 5.75 Å². The largest absolute Gasteiger partial charge is 0.478 e. The molecule has 0 saturated heterocycles. The van der Waals surface area contributed by atoms with E-state index in [1.807, 2.05) is 0 Å². The Balaban J connectivity index is 2.78. The van der Waals surface area contributed by atoms with E-state index in [9.17, 15) is 4.79 Å². The van der Waals surface area contributed by atoms with Crippen LogP contribution in [0.5, 0.6) is 5.75 Å². The lowest BCUT2D eigenvalue weighted by atomic mass is 10.2. The third-order valence-corrected chi connectivity index (χ3v) is 1.23. The molecule has 1 rings (SSSR count). The van der Waals surface area contributed by atoms with Crippen LogP contribution in [0.2, 0.25) is 0 Å². The highest BCUT2D eigenvalue weighted by Crippen LogP contribution is 2.11. The van der Waals surface area contributed by atoms with E-state index in [1.54, 1.807) is 0 Å². The maximum atomic E-state index is 10.3. The Kier molecular flexibility index (Phi) is 2.62. The molecule has 2 N–H and O–H groups in total. The van der Waals surface area contributed by atoms with E-state index in [0.29, 0.717) is 0 Å². The van der Waals surface area contributed by atoms with E-state index < -0.39 is 5.97 Å². The normalized spacial score (nSPS) is 9.42. The molecular formula is C7H6O5. The molecule has 0 aliphatic rings. The van der Waals surface area contributed by atoms with E-state index in [-0.39, 0.29) is 11.3 Å². The maximum absolute atomic E-state index is 10.3. The highest BCUT2D eigenvalue weighted by atomic mass is 17.5. The van der Waals surface area contributed by atoms with E-state index in [1.165, 1.54) is 24.3 Å². The average molecular weight is 170 g/mol. The minimum Gasteiger partial charge on any atom is -0.478 e. The number of hydrogen-bond acceptors (Lipinski definition) is 4. The lowest BCUT2D eigenvalue weighted by Gasteiger charge is -1.97. The standard InChI is InChI=1S/C7H6O5/c8-7(9)5-1-3-6(4-2-5)11-12-10/h1-4,10H,(H,8,9). The van der Waals surface area contributed by atoms with E-state index >= 15 is 0 Å². The fourth-order valence-electron chi connectivity index (χ4n) is 0.696. The van der Waals surface area contributed by atoms with Gasteiger partial charge in [-0.1, -0.05) is 0 Å². The quantitative estimate of drug-likeness (QED) is 0.526. The summed E-state index contributed by atoms with van der Waals surface area (Å²) in [6.45, 7) is 0. The van der Waals surface area contributed by atoms with Gasteiger partial charge in [0.2, 0.25) is 0 Å². The summed E-state index contributed by atoms with van der Waals surface area (Å²) in [7, 11) is 0. The summed E-state index contributed by atoms with van der Waals surface area (Å²) >= 11 is 0. The van der Waals surface area contributed by atoms with Gasteiger partial charge in [-0.2, -0.15) is 0 Å². The third-order valence-electron chi connectivity index (χ3n) is 1.23. The Hall–Kier alpha value is -1.59. The number of rotatable bonds is 3. The number of carboxylic acid groups (broad SMARTS) is 1. The summed E-state index contributed by atoms with van der Waals surface area (Å²) in [6.07, 6.45) is 0. The van der Waals surface area contributed by atoms with Gasteiger partial charge in [-0.15, -0.1) is 0 Å². The van der Waals surface area contributed by atoms with Gasteiger partial charge >= 0.3 is 5.97 Å². The molecule has 1 aromatic rings. The highest BCUT2D eigenvalue weighted by molar-refractivity contribution is 5.87. The van der Waals surface area contributed by atoms with Gasteiger partial charge in [-0.3, -0.25) is 0 Å².